The van der Waals surface area contributed by atoms with Crippen LogP contribution in [0.5, 0.6) is 0 Å². The third-order valence-corrected chi connectivity index (χ3v) is 3.34. The van der Waals surface area contributed by atoms with Crippen molar-refractivity contribution in [3.63, 3.8) is 0 Å². The highest BCUT2D eigenvalue weighted by atomic mass is 16.5. The minimum absolute atomic E-state index is 0.123. The predicted octanol–water partition coefficient (Wildman–Crippen LogP) is 1.98. The molecule has 1 amide bonds. The van der Waals surface area contributed by atoms with E-state index in [1.54, 1.807) is 31.2 Å². The molecule has 2 aromatic carbocycles. The number of carbonyl (C=O) groups excluding carboxylic acids is 1. The van der Waals surface area contributed by atoms with Gasteiger partial charge in [-0.2, -0.15) is 0 Å². The summed E-state index contributed by atoms with van der Waals surface area (Å²) < 4.78 is 5.14. The number of rotatable bonds is 5. The van der Waals surface area contributed by atoms with Crippen LogP contribution in [0.25, 0.3) is 5.76 Å². The van der Waals surface area contributed by atoms with Gasteiger partial charge in [-0.05, 0) is 12.5 Å². The van der Waals surface area contributed by atoms with Crippen molar-refractivity contribution in [2.45, 2.75) is 19.6 Å². The second-order valence-electron chi connectivity index (χ2n) is 5.36. The van der Waals surface area contributed by atoms with Crippen molar-refractivity contribution in [2.75, 3.05) is 0 Å². The fourth-order valence-corrected chi connectivity index (χ4v) is 2.05. The molecule has 0 aliphatic carbocycles. The van der Waals surface area contributed by atoms with Gasteiger partial charge in [0.25, 0.3) is 0 Å². The number of benzene rings is 2. The lowest BCUT2D eigenvalue weighted by Crippen LogP contribution is -2.34. The fourth-order valence-electron chi connectivity index (χ4n) is 2.05. The average molecular weight is 322 g/mol. The molecular formula is C18H19BN2O3. The molecule has 6 heteroatoms. The zero-order valence-electron chi connectivity index (χ0n) is 13.4. The number of hydrogen-bond donors (Lipinski definition) is 3. The van der Waals surface area contributed by atoms with Crippen LogP contribution < -0.4 is 16.5 Å². The highest BCUT2D eigenvalue weighted by Gasteiger charge is 2.16. The van der Waals surface area contributed by atoms with E-state index in [1.807, 2.05) is 30.3 Å². The molecule has 5 nitrogen and oxygen atoms in total. The predicted molar refractivity (Wildman–Crippen MR) is 94.8 cm³/mol. The minimum Gasteiger partial charge on any atom is -0.505 e. The normalized spacial score (nSPS) is 12.9. The van der Waals surface area contributed by atoms with Gasteiger partial charge in [0.2, 0.25) is 0 Å². The summed E-state index contributed by atoms with van der Waals surface area (Å²) in [5.41, 5.74) is 7.96. The maximum Gasteiger partial charge on any atom is 0.411 e. The Morgan fingerprint density at radius 2 is 1.83 bits per heavy atom. The zero-order chi connectivity index (χ0) is 17.5. The van der Waals surface area contributed by atoms with Crippen molar-refractivity contribution in [1.82, 2.24) is 5.32 Å². The average Bonchev–Trinajstić information content (AvgIpc) is 2.58. The molecule has 4 N–H and O–H groups in total. The van der Waals surface area contributed by atoms with Crippen molar-refractivity contribution < 1.29 is 14.6 Å². The molecule has 1 atom stereocenters. The lowest BCUT2D eigenvalue weighted by molar-refractivity contribution is 0.142. The monoisotopic (exact) mass is 322 g/mol. The van der Waals surface area contributed by atoms with Crippen LogP contribution in [0.15, 0.2) is 60.3 Å². The van der Waals surface area contributed by atoms with Gasteiger partial charge in [0.1, 0.15) is 20.2 Å². The second-order valence-corrected chi connectivity index (χ2v) is 5.36. The first-order valence-corrected chi connectivity index (χ1v) is 7.49. The first kappa shape index (κ1) is 17.6. The summed E-state index contributed by atoms with van der Waals surface area (Å²) in [6, 6.07) is 15.3. The van der Waals surface area contributed by atoms with Crippen LogP contribution in [-0.4, -0.2) is 25.1 Å². The highest BCUT2D eigenvalue weighted by molar-refractivity contribution is 6.32. The second kappa shape index (κ2) is 8.22. The summed E-state index contributed by atoms with van der Waals surface area (Å²) in [5.74, 6) is -0.123. The zero-order valence-corrected chi connectivity index (χ0v) is 13.4. The van der Waals surface area contributed by atoms with Gasteiger partial charge in [-0.15, -0.1) is 0 Å². The molecule has 2 rings (SSSR count). The molecule has 1 unspecified atom stereocenters. The van der Waals surface area contributed by atoms with Crippen LogP contribution in [0.4, 0.5) is 4.79 Å². The third-order valence-electron chi connectivity index (χ3n) is 3.34. The summed E-state index contributed by atoms with van der Waals surface area (Å²) in [6.07, 6.45) is -0.687. The fraction of sp³-hybridized carbons (Fsp3) is 0.167. The van der Waals surface area contributed by atoms with Crippen LogP contribution >= 0.6 is 0 Å². The van der Waals surface area contributed by atoms with Crippen LogP contribution in [0.1, 0.15) is 18.1 Å². The van der Waals surface area contributed by atoms with E-state index in [0.717, 1.165) is 5.56 Å². The van der Waals surface area contributed by atoms with Crippen molar-refractivity contribution >= 4 is 25.2 Å². The summed E-state index contributed by atoms with van der Waals surface area (Å²) >= 11 is 0. The van der Waals surface area contributed by atoms with Gasteiger partial charge in [-0.1, -0.05) is 60.1 Å². The number of amides is 1. The Kier molecular flexibility index (Phi) is 6.04. The SMILES string of the molecule is [B]c1ccc(/C(O)=C(\NC(=O)OCc2ccccc2)C(C)N)cc1. The largest absolute Gasteiger partial charge is 0.505 e. The van der Waals surface area contributed by atoms with E-state index in [0.29, 0.717) is 11.0 Å². The van der Waals surface area contributed by atoms with Crippen molar-refractivity contribution in [3.05, 3.63) is 71.4 Å². The summed E-state index contributed by atoms with van der Waals surface area (Å²) in [5, 5.41) is 12.9. The molecule has 0 aromatic heterocycles. The number of aliphatic hydroxyl groups excluding tert-OH is 1. The Hall–Kier alpha value is -2.73. The standard InChI is InChI=1S/C18H19BN2O3/c1-12(20)16(17(22)14-7-9-15(19)10-8-14)21-18(23)24-11-13-5-3-2-4-6-13/h2-10,12,22H,11,20H2,1H3,(H,21,23)/b17-16+. The Bertz CT molecular complexity index is 713. The number of hydrogen-bond acceptors (Lipinski definition) is 4. The third kappa shape index (κ3) is 4.89. The Morgan fingerprint density at radius 1 is 1.21 bits per heavy atom. The first-order chi connectivity index (χ1) is 11.5. The number of ether oxygens (including phenoxy) is 1. The van der Waals surface area contributed by atoms with Gasteiger partial charge in [0.05, 0.1) is 5.70 Å². The maximum atomic E-state index is 12.0. The molecule has 0 aliphatic heterocycles. The lowest BCUT2D eigenvalue weighted by atomic mass is 9.94. The Balaban J connectivity index is 2.08. The molecule has 0 heterocycles. The number of nitrogens with two attached hydrogens (primary N) is 1. The lowest BCUT2D eigenvalue weighted by Gasteiger charge is -2.16. The van der Waals surface area contributed by atoms with E-state index < -0.39 is 12.1 Å². The topological polar surface area (TPSA) is 84.6 Å². The van der Waals surface area contributed by atoms with Crippen molar-refractivity contribution in [1.29, 1.82) is 0 Å². The molecule has 2 aromatic rings. The van der Waals surface area contributed by atoms with E-state index >= 15 is 0 Å². The maximum absolute atomic E-state index is 12.0. The van der Waals surface area contributed by atoms with Crippen LogP contribution in [0.2, 0.25) is 0 Å². The molecule has 0 spiro atoms. The van der Waals surface area contributed by atoms with E-state index in [1.165, 1.54) is 0 Å². The molecule has 122 valence electrons. The van der Waals surface area contributed by atoms with Gasteiger partial charge in [-0.3, -0.25) is 5.32 Å². The van der Waals surface area contributed by atoms with Crippen molar-refractivity contribution in [3.8, 4) is 0 Å². The minimum atomic E-state index is -0.687. The molecule has 0 saturated heterocycles. The van der Waals surface area contributed by atoms with Gasteiger partial charge in [-0.25, -0.2) is 4.79 Å². The number of nitrogens with one attached hydrogen (secondary N) is 1. The van der Waals surface area contributed by atoms with E-state index in [2.05, 4.69) is 5.32 Å². The molecule has 24 heavy (non-hydrogen) atoms. The molecule has 0 fully saturated rings. The van der Waals surface area contributed by atoms with Crippen LogP contribution in [0, 0.1) is 0 Å². The number of aliphatic hydroxyl groups is 1. The quantitative estimate of drug-likeness (QED) is 0.580. The number of alkyl carbamates (subject to hydrolysis) is 1. The summed E-state index contributed by atoms with van der Waals surface area (Å²) in [7, 11) is 5.63. The first-order valence-electron chi connectivity index (χ1n) is 7.49. The van der Waals surface area contributed by atoms with E-state index in [-0.39, 0.29) is 18.1 Å². The number of carbonyl (C=O) groups is 1. The smallest absolute Gasteiger partial charge is 0.411 e. The van der Waals surface area contributed by atoms with Crippen LogP contribution in [0.3, 0.4) is 0 Å². The van der Waals surface area contributed by atoms with Gasteiger partial charge in [0, 0.05) is 11.6 Å². The Labute approximate surface area is 142 Å². The highest BCUT2D eigenvalue weighted by Crippen LogP contribution is 2.15. The summed E-state index contributed by atoms with van der Waals surface area (Å²) in [4.78, 5) is 12.0. The van der Waals surface area contributed by atoms with Gasteiger partial charge < -0.3 is 15.6 Å². The molecule has 0 aliphatic rings. The molecule has 0 saturated carbocycles. The van der Waals surface area contributed by atoms with E-state index in [4.69, 9.17) is 18.3 Å². The van der Waals surface area contributed by atoms with E-state index in [9.17, 15) is 9.90 Å². The molecule has 2 radical (unpaired) electrons. The van der Waals surface area contributed by atoms with Gasteiger partial charge in [0.15, 0.2) is 0 Å². The summed E-state index contributed by atoms with van der Waals surface area (Å²) in [6.45, 7) is 1.78. The molecule has 0 bridgehead atoms. The molecular weight excluding hydrogens is 303 g/mol. The van der Waals surface area contributed by atoms with Crippen LogP contribution in [-0.2, 0) is 11.3 Å². The van der Waals surface area contributed by atoms with Gasteiger partial charge >= 0.3 is 6.09 Å². The van der Waals surface area contributed by atoms with Crippen molar-refractivity contribution in [2.24, 2.45) is 5.73 Å². The Morgan fingerprint density at radius 3 is 2.42 bits per heavy atom.